The van der Waals surface area contributed by atoms with Crippen LogP contribution in [0, 0.1) is 18.6 Å². The van der Waals surface area contributed by atoms with Crippen molar-refractivity contribution in [1.82, 2.24) is 0 Å². The summed E-state index contributed by atoms with van der Waals surface area (Å²) in [5, 5.41) is 3.70. The minimum atomic E-state index is -0.634. The average molecular weight is 261 g/mol. The Bertz CT molecular complexity index is 576. The predicted octanol–water partition coefficient (Wildman–Crippen LogP) is 3.82. The topological polar surface area (TPSA) is 21.6 Å². The van der Waals surface area contributed by atoms with E-state index in [1.165, 1.54) is 24.4 Å². The van der Waals surface area contributed by atoms with Crippen LogP contribution in [0.2, 0.25) is 0 Å². The number of oxime groups is 1. The molecule has 0 N–H and O–H groups in total. The van der Waals surface area contributed by atoms with Gasteiger partial charge in [0.1, 0.15) is 18.2 Å². The fourth-order valence-corrected chi connectivity index (χ4v) is 1.62. The second-order valence-corrected chi connectivity index (χ2v) is 4.12. The van der Waals surface area contributed by atoms with Crippen LogP contribution in [0.25, 0.3) is 0 Å². The number of aryl methyl sites for hydroxylation is 1. The van der Waals surface area contributed by atoms with E-state index in [9.17, 15) is 8.78 Å². The van der Waals surface area contributed by atoms with Crippen molar-refractivity contribution in [2.45, 2.75) is 13.5 Å². The molecule has 2 aromatic carbocycles. The number of nitrogens with zero attached hydrogens (tertiary/aromatic N) is 1. The minimum absolute atomic E-state index is 0.121. The lowest BCUT2D eigenvalue weighted by atomic mass is 10.2. The van der Waals surface area contributed by atoms with Crippen LogP contribution >= 0.6 is 0 Å². The van der Waals surface area contributed by atoms with E-state index < -0.39 is 11.6 Å². The third-order valence-electron chi connectivity index (χ3n) is 2.59. The Labute approximate surface area is 110 Å². The Morgan fingerprint density at radius 2 is 1.79 bits per heavy atom. The van der Waals surface area contributed by atoms with Crippen LogP contribution in [-0.4, -0.2) is 6.21 Å². The van der Waals surface area contributed by atoms with Gasteiger partial charge < -0.3 is 4.84 Å². The highest BCUT2D eigenvalue weighted by Gasteiger charge is 2.07. The van der Waals surface area contributed by atoms with Gasteiger partial charge in [0.2, 0.25) is 0 Å². The normalized spacial score (nSPS) is 10.9. The molecular formula is C15H13F2NO. The van der Waals surface area contributed by atoms with Crippen LogP contribution in [0.4, 0.5) is 8.78 Å². The summed E-state index contributed by atoms with van der Waals surface area (Å²) in [5.41, 5.74) is 1.85. The number of hydrogen-bond donors (Lipinski definition) is 0. The Morgan fingerprint density at radius 3 is 2.47 bits per heavy atom. The SMILES string of the molecule is Cc1cccc(C=NOCc2c(F)cccc2F)c1. The molecule has 0 radical (unpaired) electrons. The molecule has 2 rings (SSSR count). The monoisotopic (exact) mass is 261 g/mol. The molecule has 0 saturated carbocycles. The number of hydrogen-bond acceptors (Lipinski definition) is 2. The van der Waals surface area contributed by atoms with E-state index in [1.54, 1.807) is 0 Å². The van der Waals surface area contributed by atoms with Gasteiger partial charge >= 0.3 is 0 Å². The van der Waals surface area contributed by atoms with Gasteiger partial charge in [0.25, 0.3) is 0 Å². The van der Waals surface area contributed by atoms with Crippen molar-refractivity contribution in [2.24, 2.45) is 5.16 Å². The molecule has 0 atom stereocenters. The van der Waals surface area contributed by atoms with Gasteiger partial charge in [0.15, 0.2) is 0 Å². The van der Waals surface area contributed by atoms with Crippen LogP contribution < -0.4 is 0 Å². The molecule has 0 amide bonds. The van der Waals surface area contributed by atoms with Crippen LogP contribution in [0.1, 0.15) is 16.7 Å². The number of halogens is 2. The first-order valence-corrected chi connectivity index (χ1v) is 5.82. The third-order valence-corrected chi connectivity index (χ3v) is 2.59. The first kappa shape index (κ1) is 13.2. The largest absolute Gasteiger partial charge is 0.391 e. The van der Waals surface area contributed by atoms with Crippen LogP contribution in [0.5, 0.6) is 0 Å². The molecule has 0 spiro atoms. The second-order valence-electron chi connectivity index (χ2n) is 4.12. The molecule has 2 nitrogen and oxygen atoms in total. The van der Waals surface area contributed by atoms with E-state index in [4.69, 9.17) is 4.84 Å². The predicted molar refractivity (Wildman–Crippen MR) is 69.9 cm³/mol. The zero-order valence-corrected chi connectivity index (χ0v) is 10.4. The molecule has 0 bridgehead atoms. The zero-order chi connectivity index (χ0) is 13.7. The van der Waals surface area contributed by atoms with Crippen LogP contribution in [0.3, 0.4) is 0 Å². The summed E-state index contributed by atoms with van der Waals surface area (Å²) in [4.78, 5) is 4.91. The van der Waals surface area contributed by atoms with Gasteiger partial charge in [-0.05, 0) is 24.6 Å². The van der Waals surface area contributed by atoms with Crippen molar-refractivity contribution in [3.63, 3.8) is 0 Å². The maximum atomic E-state index is 13.3. The van der Waals surface area contributed by atoms with Crippen molar-refractivity contribution in [3.8, 4) is 0 Å². The molecule has 2 aromatic rings. The van der Waals surface area contributed by atoms with Gasteiger partial charge in [-0.1, -0.05) is 41.1 Å². The van der Waals surface area contributed by atoms with Crippen molar-refractivity contribution < 1.29 is 13.6 Å². The maximum absolute atomic E-state index is 13.3. The minimum Gasteiger partial charge on any atom is -0.391 e. The molecule has 0 unspecified atom stereocenters. The highest BCUT2D eigenvalue weighted by atomic mass is 19.1. The summed E-state index contributed by atoms with van der Waals surface area (Å²) in [6, 6.07) is 11.3. The van der Waals surface area contributed by atoms with Crippen molar-refractivity contribution in [3.05, 3.63) is 70.8 Å². The highest BCUT2D eigenvalue weighted by molar-refractivity contribution is 5.79. The van der Waals surface area contributed by atoms with E-state index in [0.717, 1.165) is 11.1 Å². The molecule has 0 saturated heterocycles. The molecular weight excluding hydrogens is 248 g/mol. The van der Waals surface area contributed by atoms with Crippen LogP contribution in [0.15, 0.2) is 47.6 Å². The van der Waals surface area contributed by atoms with Crippen molar-refractivity contribution in [2.75, 3.05) is 0 Å². The smallest absolute Gasteiger partial charge is 0.147 e. The van der Waals surface area contributed by atoms with Gasteiger partial charge in [-0.15, -0.1) is 0 Å². The average Bonchev–Trinajstić information content (AvgIpc) is 2.37. The molecule has 19 heavy (non-hydrogen) atoms. The molecule has 0 aliphatic heterocycles. The molecule has 0 aliphatic rings. The first-order chi connectivity index (χ1) is 9.16. The van der Waals surface area contributed by atoms with Crippen molar-refractivity contribution in [1.29, 1.82) is 0 Å². The quantitative estimate of drug-likeness (QED) is 0.605. The summed E-state index contributed by atoms with van der Waals surface area (Å²) in [7, 11) is 0. The Balaban J connectivity index is 1.97. The standard InChI is InChI=1S/C15H13F2NO/c1-11-4-2-5-12(8-11)9-18-19-10-13-14(16)6-3-7-15(13)17/h2-9H,10H2,1H3. The molecule has 0 heterocycles. The highest BCUT2D eigenvalue weighted by Crippen LogP contribution is 2.13. The molecule has 0 fully saturated rings. The lowest BCUT2D eigenvalue weighted by molar-refractivity contribution is 0.126. The zero-order valence-electron chi connectivity index (χ0n) is 10.4. The Kier molecular flexibility index (Phi) is 4.23. The second kappa shape index (κ2) is 6.09. The summed E-state index contributed by atoms with van der Waals surface area (Å²) in [6.45, 7) is 1.73. The number of benzene rings is 2. The van der Waals surface area contributed by atoms with E-state index in [0.29, 0.717) is 0 Å². The Morgan fingerprint density at radius 1 is 1.11 bits per heavy atom. The summed E-state index contributed by atoms with van der Waals surface area (Å²) in [5.74, 6) is -1.27. The third kappa shape index (κ3) is 3.61. The fourth-order valence-electron chi connectivity index (χ4n) is 1.62. The van der Waals surface area contributed by atoms with E-state index in [-0.39, 0.29) is 12.2 Å². The van der Waals surface area contributed by atoms with Crippen LogP contribution in [-0.2, 0) is 11.4 Å². The number of rotatable bonds is 4. The summed E-state index contributed by atoms with van der Waals surface area (Å²) >= 11 is 0. The van der Waals surface area contributed by atoms with E-state index in [2.05, 4.69) is 5.16 Å². The molecule has 0 aliphatic carbocycles. The molecule has 4 heteroatoms. The van der Waals surface area contributed by atoms with Crippen molar-refractivity contribution >= 4 is 6.21 Å². The van der Waals surface area contributed by atoms with Gasteiger partial charge in [-0.25, -0.2) is 8.78 Å². The molecule has 0 aromatic heterocycles. The lowest BCUT2D eigenvalue weighted by Gasteiger charge is -2.03. The fraction of sp³-hybridized carbons (Fsp3) is 0.133. The van der Waals surface area contributed by atoms with Gasteiger partial charge in [0, 0.05) is 0 Å². The van der Waals surface area contributed by atoms with Gasteiger partial charge in [-0.2, -0.15) is 0 Å². The van der Waals surface area contributed by atoms with E-state index >= 15 is 0 Å². The summed E-state index contributed by atoms with van der Waals surface area (Å²) in [6.07, 6.45) is 1.51. The lowest BCUT2D eigenvalue weighted by Crippen LogP contribution is -1.96. The van der Waals surface area contributed by atoms with Gasteiger partial charge in [-0.3, -0.25) is 0 Å². The first-order valence-electron chi connectivity index (χ1n) is 5.82. The van der Waals surface area contributed by atoms with E-state index in [1.807, 2.05) is 31.2 Å². The van der Waals surface area contributed by atoms with Gasteiger partial charge in [0.05, 0.1) is 11.8 Å². The summed E-state index contributed by atoms with van der Waals surface area (Å²) < 4.78 is 26.6. The maximum Gasteiger partial charge on any atom is 0.147 e. The molecule has 98 valence electrons. The Hall–Kier alpha value is -2.23.